The van der Waals surface area contributed by atoms with E-state index in [9.17, 15) is 9.90 Å². The molecule has 8 nitrogen and oxygen atoms in total. The van der Waals surface area contributed by atoms with E-state index in [0.717, 1.165) is 21.8 Å². The van der Waals surface area contributed by atoms with Crippen LogP contribution in [0.3, 0.4) is 0 Å². The highest BCUT2D eigenvalue weighted by Crippen LogP contribution is 2.29. The first-order valence-electron chi connectivity index (χ1n) is 9.73. The zero-order chi connectivity index (χ0) is 22.5. The number of aliphatic imine (C=N–C) groups is 2. The highest BCUT2D eigenvalue weighted by atomic mass is 79.9. The molecule has 1 aliphatic rings. The Balaban J connectivity index is 1.58. The van der Waals surface area contributed by atoms with E-state index in [-0.39, 0.29) is 17.5 Å². The Morgan fingerprint density at radius 3 is 2.69 bits per heavy atom. The zero-order valence-corrected chi connectivity index (χ0v) is 19.4. The molecule has 4 rings (SSSR count). The fourth-order valence-corrected chi connectivity index (χ4v) is 3.93. The lowest BCUT2D eigenvalue weighted by molar-refractivity contribution is -0.759. The van der Waals surface area contributed by atoms with Crippen molar-refractivity contribution in [3.8, 4) is 0 Å². The number of carbonyl (C=O) groups is 1. The van der Waals surface area contributed by atoms with Gasteiger partial charge in [-0.2, -0.15) is 0 Å². The number of nitrogens with zero attached hydrogens (tertiary/aromatic N) is 5. The Morgan fingerprint density at radius 1 is 1.25 bits per heavy atom. The lowest BCUT2D eigenvalue weighted by Gasteiger charge is -2.18. The van der Waals surface area contributed by atoms with Crippen molar-refractivity contribution in [1.29, 1.82) is 0 Å². The molecular weight excluding hydrogens is 494 g/mol. The quantitative estimate of drug-likeness (QED) is 0.219. The normalized spacial score (nSPS) is 15.5. The second-order valence-corrected chi connectivity index (χ2v) is 8.50. The van der Waals surface area contributed by atoms with Crippen LogP contribution in [0, 0.1) is 0 Å². The molecule has 0 spiro atoms. The van der Waals surface area contributed by atoms with Crippen molar-refractivity contribution in [3.63, 3.8) is 0 Å². The molecule has 1 aliphatic heterocycles. The van der Waals surface area contributed by atoms with Crippen LogP contribution in [0.2, 0.25) is 0 Å². The van der Waals surface area contributed by atoms with Gasteiger partial charge in [0.25, 0.3) is 12.1 Å². The summed E-state index contributed by atoms with van der Waals surface area (Å²) in [7, 11) is 0. The third kappa shape index (κ3) is 5.14. The summed E-state index contributed by atoms with van der Waals surface area (Å²) < 4.78 is 7.49. The Bertz CT molecular complexity index is 1210. The van der Waals surface area contributed by atoms with Crippen LogP contribution in [0.1, 0.15) is 12.5 Å². The number of anilines is 1. The number of para-hydroxylation sites is 1. The van der Waals surface area contributed by atoms with Crippen molar-refractivity contribution in [1.82, 2.24) is 5.27 Å². The fourth-order valence-electron chi connectivity index (χ4n) is 2.86. The van der Waals surface area contributed by atoms with E-state index in [2.05, 4.69) is 31.2 Å². The molecule has 0 N–H and O–H groups in total. The van der Waals surface area contributed by atoms with E-state index in [1.807, 2.05) is 61.5 Å². The number of hydrogen-bond acceptors (Lipinski definition) is 7. The second kappa shape index (κ2) is 9.92. The van der Waals surface area contributed by atoms with Crippen molar-refractivity contribution in [2.75, 3.05) is 10.7 Å². The molecule has 10 heteroatoms. The third-order valence-electron chi connectivity index (χ3n) is 4.40. The van der Waals surface area contributed by atoms with Gasteiger partial charge < -0.3 is 5.11 Å². The number of aromatic nitrogens is 2. The maximum atomic E-state index is 13.1. The summed E-state index contributed by atoms with van der Waals surface area (Å²) in [5, 5.41) is 16.5. The lowest BCUT2D eigenvalue weighted by atomic mass is 10.2. The Labute approximate surface area is 197 Å². The van der Waals surface area contributed by atoms with E-state index < -0.39 is 5.90 Å². The molecule has 2 heterocycles. The van der Waals surface area contributed by atoms with Crippen LogP contribution >= 0.6 is 27.7 Å². The number of amidine groups is 1. The van der Waals surface area contributed by atoms with Crippen LogP contribution in [0.25, 0.3) is 6.08 Å². The van der Waals surface area contributed by atoms with E-state index >= 15 is 0 Å². The molecule has 1 amide bonds. The number of halogens is 1. The zero-order valence-electron chi connectivity index (χ0n) is 17.0. The molecule has 0 saturated heterocycles. The smallest absolute Gasteiger partial charge is 0.320 e. The van der Waals surface area contributed by atoms with Gasteiger partial charge in [0.2, 0.25) is 5.27 Å². The monoisotopic (exact) mass is 511 g/mol. The van der Waals surface area contributed by atoms with Gasteiger partial charge in [-0.15, -0.1) is 0 Å². The molecule has 0 bridgehead atoms. The summed E-state index contributed by atoms with van der Waals surface area (Å²) in [6.07, 6.45) is 3.27. The molecular formula is C22H18BrN5O3S. The van der Waals surface area contributed by atoms with Gasteiger partial charge in [-0.25, -0.2) is 9.98 Å². The molecule has 32 heavy (non-hydrogen) atoms. The molecule has 1 aromatic heterocycles. The van der Waals surface area contributed by atoms with Crippen molar-refractivity contribution in [3.05, 3.63) is 76.5 Å². The number of thioether (sulfide) groups is 1. The molecule has 0 aliphatic carbocycles. The average Bonchev–Trinajstić information content (AvgIpc) is 3.38. The van der Waals surface area contributed by atoms with Gasteiger partial charge in [0.05, 0.1) is 5.69 Å². The highest BCUT2D eigenvalue weighted by Gasteiger charge is 2.31. The molecule has 3 aromatic rings. The molecule has 0 fully saturated rings. The van der Waals surface area contributed by atoms with Crippen molar-refractivity contribution >= 4 is 62.3 Å². The van der Waals surface area contributed by atoms with Gasteiger partial charge in [0.1, 0.15) is 5.70 Å². The summed E-state index contributed by atoms with van der Waals surface area (Å²) in [4.78, 5) is 23.1. The van der Waals surface area contributed by atoms with Crippen LogP contribution in [-0.2, 0) is 11.3 Å². The first-order chi connectivity index (χ1) is 15.5. The summed E-state index contributed by atoms with van der Waals surface area (Å²) >= 11 is 4.55. The van der Waals surface area contributed by atoms with E-state index in [1.54, 1.807) is 12.3 Å². The summed E-state index contributed by atoms with van der Waals surface area (Å²) in [5.74, 6) is -0.542. The van der Waals surface area contributed by atoms with Gasteiger partial charge in [-0.1, -0.05) is 62.7 Å². The molecule has 0 radical (unpaired) electrons. The summed E-state index contributed by atoms with van der Waals surface area (Å²) in [6, 6.07) is 16.8. The van der Waals surface area contributed by atoms with E-state index in [1.165, 1.54) is 9.58 Å². The molecule has 2 aromatic carbocycles. The van der Waals surface area contributed by atoms with Crippen molar-refractivity contribution < 1.29 is 19.1 Å². The fraction of sp³-hybridized carbons (Fsp3) is 0.136. The van der Waals surface area contributed by atoms with Crippen LogP contribution in [0.15, 0.2) is 85.5 Å². The predicted molar refractivity (Wildman–Crippen MR) is 125 cm³/mol. The van der Waals surface area contributed by atoms with Gasteiger partial charge in [-0.3, -0.25) is 14.2 Å². The minimum atomic E-state index is -0.414. The van der Waals surface area contributed by atoms with Gasteiger partial charge in [-0.05, 0) is 48.7 Å². The minimum Gasteiger partial charge on any atom is -0.861 e. The minimum absolute atomic E-state index is 0.00612. The Hall–Kier alpha value is -3.24. The molecule has 162 valence electrons. The predicted octanol–water partition coefficient (Wildman–Crippen LogP) is 3.31. The van der Waals surface area contributed by atoms with Gasteiger partial charge in [0.15, 0.2) is 11.7 Å². The van der Waals surface area contributed by atoms with Crippen molar-refractivity contribution in [2.45, 2.75) is 13.5 Å². The number of rotatable bonds is 6. The number of benzene rings is 2. The number of carbonyl (C=O) groups excluding carboxylic acids is 1. The SMILES string of the molecule is CC[n+]1cc(/N=C(/[O-])CSC2=N/C(=C/c3ccc(Br)cc3)C(=O)N2c2ccccc2)on1. The van der Waals surface area contributed by atoms with Crippen molar-refractivity contribution in [2.24, 2.45) is 9.98 Å². The second-order valence-electron chi connectivity index (χ2n) is 6.64. The summed E-state index contributed by atoms with van der Waals surface area (Å²) in [6.45, 7) is 2.51. The maximum absolute atomic E-state index is 13.1. The molecule has 0 unspecified atom stereocenters. The molecule has 0 atom stereocenters. The van der Waals surface area contributed by atoms with Crippen LogP contribution < -0.4 is 14.7 Å². The van der Waals surface area contributed by atoms with E-state index in [4.69, 9.17) is 4.52 Å². The molecule has 0 saturated carbocycles. The standard InChI is InChI=1S/C22H18BrN5O3S/c1-2-27-13-20(31-26-27)25-19(29)14-32-22-24-18(12-15-8-10-16(23)11-9-15)21(30)28(22)17-6-4-3-5-7-17/h3-13H,2,14H2,1H3/b18-12+. The number of hydrogen-bond donors (Lipinski definition) is 0. The summed E-state index contributed by atoms with van der Waals surface area (Å²) in [5.41, 5.74) is 1.81. The van der Waals surface area contributed by atoms with Crippen LogP contribution in [0.5, 0.6) is 0 Å². The topological polar surface area (TPSA) is 98.0 Å². The lowest BCUT2D eigenvalue weighted by Crippen LogP contribution is -2.32. The van der Waals surface area contributed by atoms with Gasteiger partial charge >= 0.3 is 5.88 Å². The third-order valence-corrected chi connectivity index (χ3v) is 5.85. The first-order valence-corrected chi connectivity index (χ1v) is 11.5. The average molecular weight is 512 g/mol. The number of amides is 1. The highest BCUT2D eigenvalue weighted by molar-refractivity contribution is 9.10. The first kappa shape index (κ1) is 22.0. The van der Waals surface area contributed by atoms with Crippen LogP contribution in [-0.4, -0.2) is 28.0 Å². The Kier molecular flexibility index (Phi) is 6.81. The largest absolute Gasteiger partial charge is 0.861 e. The number of aryl methyl sites for hydroxylation is 1. The van der Waals surface area contributed by atoms with Gasteiger partial charge in [0, 0.05) is 10.2 Å². The van der Waals surface area contributed by atoms with Crippen LogP contribution in [0.4, 0.5) is 11.6 Å². The Morgan fingerprint density at radius 2 is 2.00 bits per heavy atom. The maximum Gasteiger partial charge on any atom is 0.320 e. The van der Waals surface area contributed by atoms with E-state index in [0.29, 0.717) is 23.1 Å².